The van der Waals surface area contributed by atoms with Gasteiger partial charge in [0.25, 0.3) is 0 Å². The first-order chi connectivity index (χ1) is 10.1. The topological polar surface area (TPSA) is 55.1 Å². The maximum Gasteiger partial charge on any atom is 0.237 e. The fourth-order valence-electron chi connectivity index (χ4n) is 3.17. The highest BCUT2D eigenvalue weighted by molar-refractivity contribution is 5.85. The second kappa shape index (κ2) is 9.11. The SMILES string of the molecule is CCCC(N)C(=O)NC(c1cccc(F)c1)C1CCCC1.Cl. The minimum atomic E-state index is -0.479. The number of carbonyl (C=O) groups excluding carboxylic acids is 1. The third kappa shape index (κ3) is 4.96. The Morgan fingerprint density at radius 3 is 2.68 bits per heavy atom. The second-order valence-corrected chi connectivity index (χ2v) is 5.98. The van der Waals surface area contributed by atoms with Gasteiger partial charge in [-0.25, -0.2) is 4.39 Å². The maximum absolute atomic E-state index is 13.5. The van der Waals surface area contributed by atoms with Crippen molar-refractivity contribution < 1.29 is 9.18 Å². The Labute approximate surface area is 138 Å². The quantitative estimate of drug-likeness (QED) is 0.836. The van der Waals surface area contributed by atoms with Crippen molar-refractivity contribution in [3.63, 3.8) is 0 Å². The van der Waals surface area contributed by atoms with Crippen molar-refractivity contribution in [3.05, 3.63) is 35.6 Å². The number of halogens is 2. The molecule has 0 heterocycles. The van der Waals surface area contributed by atoms with Crippen LogP contribution >= 0.6 is 12.4 Å². The number of hydrogen-bond donors (Lipinski definition) is 2. The van der Waals surface area contributed by atoms with Gasteiger partial charge in [0.1, 0.15) is 5.82 Å². The standard InChI is InChI=1S/C17H25FN2O.ClH/c1-2-6-15(19)17(21)20-16(12-7-3-4-8-12)13-9-5-10-14(18)11-13;/h5,9-12,15-16H,2-4,6-8,19H2,1H3,(H,20,21);1H. The number of benzene rings is 1. The minimum Gasteiger partial charge on any atom is -0.348 e. The average Bonchev–Trinajstić information content (AvgIpc) is 2.98. The molecule has 3 N–H and O–H groups in total. The molecule has 1 aromatic rings. The van der Waals surface area contributed by atoms with Gasteiger partial charge in [-0.05, 0) is 42.9 Å². The highest BCUT2D eigenvalue weighted by Crippen LogP contribution is 2.36. The normalized spacial score (nSPS) is 17.6. The molecule has 0 bridgehead atoms. The van der Waals surface area contributed by atoms with E-state index in [1.165, 1.54) is 25.0 Å². The van der Waals surface area contributed by atoms with Gasteiger partial charge in [-0.15, -0.1) is 12.4 Å². The van der Waals surface area contributed by atoms with Gasteiger partial charge < -0.3 is 11.1 Å². The van der Waals surface area contributed by atoms with E-state index in [1.807, 2.05) is 13.0 Å². The third-order valence-corrected chi connectivity index (χ3v) is 4.31. The summed E-state index contributed by atoms with van der Waals surface area (Å²) in [6, 6.07) is 5.93. The van der Waals surface area contributed by atoms with Crippen LogP contribution in [0.4, 0.5) is 4.39 Å². The molecule has 0 saturated heterocycles. The molecule has 3 nitrogen and oxygen atoms in total. The lowest BCUT2D eigenvalue weighted by molar-refractivity contribution is -0.123. The second-order valence-electron chi connectivity index (χ2n) is 5.98. The lowest BCUT2D eigenvalue weighted by Crippen LogP contribution is -2.43. The zero-order chi connectivity index (χ0) is 15.2. The Morgan fingerprint density at radius 1 is 1.41 bits per heavy atom. The summed E-state index contributed by atoms with van der Waals surface area (Å²) in [4.78, 5) is 12.2. The Morgan fingerprint density at radius 2 is 2.09 bits per heavy atom. The van der Waals surface area contributed by atoms with Crippen molar-refractivity contribution in [2.24, 2.45) is 11.7 Å². The van der Waals surface area contributed by atoms with Crippen molar-refractivity contribution in [3.8, 4) is 0 Å². The van der Waals surface area contributed by atoms with Crippen LogP contribution in [0.2, 0.25) is 0 Å². The van der Waals surface area contributed by atoms with E-state index in [0.717, 1.165) is 24.8 Å². The van der Waals surface area contributed by atoms with E-state index in [4.69, 9.17) is 5.73 Å². The highest BCUT2D eigenvalue weighted by atomic mass is 35.5. The molecule has 5 heteroatoms. The molecule has 22 heavy (non-hydrogen) atoms. The first-order valence-corrected chi connectivity index (χ1v) is 7.93. The average molecular weight is 329 g/mol. The van der Waals surface area contributed by atoms with Gasteiger partial charge in [-0.1, -0.05) is 38.3 Å². The van der Waals surface area contributed by atoms with Crippen LogP contribution in [0.3, 0.4) is 0 Å². The summed E-state index contributed by atoms with van der Waals surface area (Å²) >= 11 is 0. The summed E-state index contributed by atoms with van der Waals surface area (Å²) in [6.07, 6.45) is 6.05. The van der Waals surface area contributed by atoms with Gasteiger partial charge in [0.2, 0.25) is 5.91 Å². The Kier molecular flexibility index (Phi) is 7.83. The molecule has 2 unspecified atom stereocenters. The Hall–Kier alpha value is -1.13. The lowest BCUT2D eigenvalue weighted by Gasteiger charge is -2.26. The fourth-order valence-corrected chi connectivity index (χ4v) is 3.17. The molecule has 1 aromatic carbocycles. The molecule has 0 spiro atoms. The maximum atomic E-state index is 13.5. The molecule has 124 valence electrons. The number of amides is 1. The number of carbonyl (C=O) groups is 1. The monoisotopic (exact) mass is 328 g/mol. The molecule has 0 radical (unpaired) electrons. The molecule has 2 rings (SSSR count). The van der Waals surface area contributed by atoms with Crippen LogP contribution in [-0.2, 0) is 4.79 Å². The molecule has 1 saturated carbocycles. The van der Waals surface area contributed by atoms with Crippen molar-refractivity contribution >= 4 is 18.3 Å². The number of nitrogens with one attached hydrogen (secondary N) is 1. The van der Waals surface area contributed by atoms with E-state index < -0.39 is 6.04 Å². The van der Waals surface area contributed by atoms with Crippen LogP contribution < -0.4 is 11.1 Å². The number of nitrogens with two attached hydrogens (primary N) is 1. The lowest BCUT2D eigenvalue weighted by atomic mass is 9.91. The Balaban J connectivity index is 0.00000242. The summed E-state index contributed by atoms with van der Waals surface area (Å²) in [6.45, 7) is 2.01. The first kappa shape index (κ1) is 18.9. The molecular weight excluding hydrogens is 303 g/mol. The molecule has 1 fully saturated rings. The van der Waals surface area contributed by atoms with Crippen LogP contribution in [0.15, 0.2) is 24.3 Å². The van der Waals surface area contributed by atoms with Gasteiger partial charge in [0, 0.05) is 0 Å². The smallest absolute Gasteiger partial charge is 0.237 e. The first-order valence-electron chi connectivity index (χ1n) is 7.93. The van der Waals surface area contributed by atoms with E-state index in [1.54, 1.807) is 6.07 Å². The van der Waals surface area contributed by atoms with Gasteiger partial charge in [-0.2, -0.15) is 0 Å². The molecule has 2 atom stereocenters. The predicted octanol–water partition coefficient (Wildman–Crippen LogP) is 3.72. The highest BCUT2D eigenvalue weighted by Gasteiger charge is 2.29. The molecule has 1 aliphatic carbocycles. The number of rotatable bonds is 6. The van der Waals surface area contributed by atoms with Crippen LogP contribution in [-0.4, -0.2) is 11.9 Å². The predicted molar refractivity (Wildman–Crippen MR) is 89.4 cm³/mol. The van der Waals surface area contributed by atoms with Gasteiger partial charge >= 0.3 is 0 Å². The molecule has 0 aromatic heterocycles. The fraction of sp³-hybridized carbons (Fsp3) is 0.588. The van der Waals surface area contributed by atoms with Gasteiger partial charge in [0.15, 0.2) is 0 Å². The largest absolute Gasteiger partial charge is 0.348 e. The van der Waals surface area contributed by atoms with Crippen LogP contribution in [0.5, 0.6) is 0 Å². The van der Waals surface area contributed by atoms with E-state index in [-0.39, 0.29) is 30.2 Å². The summed E-state index contributed by atoms with van der Waals surface area (Å²) < 4.78 is 13.5. The number of hydrogen-bond acceptors (Lipinski definition) is 2. The molecule has 1 aliphatic rings. The summed E-state index contributed by atoms with van der Waals surface area (Å²) in [5.74, 6) is -0.00908. The van der Waals surface area contributed by atoms with E-state index in [2.05, 4.69) is 5.32 Å². The van der Waals surface area contributed by atoms with Crippen molar-refractivity contribution in [2.75, 3.05) is 0 Å². The Bertz CT molecular complexity index is 477. The summed E-state index contributed by atoms with van der Waals surface area (Å²) in [5.41, 5.74) is 6.74. The van der Waals surface area contributed by atoms with E-state index in [0.29, 0.717) is 12.3 Å². The van der Waals surface area contributed by atoms with Crippen LogP contribution in [0.25, 0.3) is 0 Å². The van der Waals surface area contributed by atoms with E-state index in [9.17, 15) is 9.18 Å². The molecule has 0 aliphatic heterocycles. The van der Waals surface area contributed by atoms with Gasteiger partial charge in [0.05, 0.1) is 12.1 Å². The van der Waals surface area contributed by atoms with Crippen molar-refractivity contribution in [1.29, 1.82) is 0 Å². The third-order valence-electron chi connectivity index (χ3n) is 4.31. The zero-order valence-electron chi connectivity index (χ0n) is 13.1. The van der Waals surface area contributed by atoms with Crippen molar-refractivity contribution in [2.45, 2.75) is 57.5 Å². The van der Waals surface area contributed by atoms with Gasteiger partial charge in [-0.3, -0.25) is 4.79 Å². The summed E-state index contributed by atoms with van der Waals surface area (Å²) in [7, 11) is 0. The molecule has 1 amide bonds. The van der Waals surface area contributed by atoms with Crippen LogP contribution in [0, 0.1) is 11.7 Å². The minimum absolute atomic E-state index is 0. The zero-order valence-corrected chi connectivity index (χ0v) is 13.9. The van der Waals surface area contributed by atoms with Crippen LogP contribution in [0.1, 0.15) is 57.1 Å². The summed E-state index contributed by atoms with van der Waals surface area (Å²) in [5, 5.41) is 3.06. The molecular formula is C17H26ClFN2O. The van der Waals surface area contributed by atoms with E-state index >= 15 is 0 Å². The van der Waals surface area contributed by atoms with Crippen molar-refractivity contribution in [1.82, 2.24) is 5.32 Å².